The molecule has 0 amide bonds. The minimum absolute atomic E-state index is 0.971. The highest BCUT2D eigenvalue weighted by Gasteiger charge is 2.14. The molecule has 0 radical (unpaired) electrons. The summed E-state index contributed by atoms with van der Waals surface area (Å²) in [5, 5.41) is 1.10. The van der Waals surface area contributed by atoms with Gasteiger partial charge >= 0.3 is 0 Å². The summed E-state index contributed by atoms with van der Waals surface area (Å²) in [5.41, 5.74) is 0.971. The topological polar surface area (TPSA) is 30.2 Å². The van der Waals surface area contributed by atoms with Crippen LogP contribution in [0.3, 0.4) is 0 Å². The van der Waals surface area contributed by atoms with Crippen LogP contribution >= 0.6 is 39.2 Å². The van der Waals surface area contributed by atoms with E-state index in [1.165, 1.54) is 11.5 Å². The highest BCUT2D eigenvalue weighted by molar-refractivity contribution is 9.10. The van der Waals surface area contributed by atoms with Crippen molar-refractivity contribution in [2.45, 2.75) is 11.7 Å². The van der Waals surface area contributed by atoms with Gasteiger partial charge in [0.1, 0.15) is 0 Å². The first-order valence-electron chi connectivity index (χ1n) is 4.82. The monoisotopic (exact) mass is 313 g/mol. The quantitative estimate of drug-likeness (QED) is 0.810. The van der Waals surface area contributed by atoms with Gasteiger partial charge in [-0.2, -0.15) is 4.37 Å². The Bertz CT molecular complexity index is 570. The normalized spacial score (nSPS) is 15.4. The van der Waals surface area contributed by atoms with Crippen LogP contribution < -0.4 is 4.80 Å². The van der Waals surface area contributed by atoms with Crippen LogP contribution in [0.5, 0.6) is 0 Å². The molecule has 0 bridgehead atoms. The molecular weight excluding hydrogens is 306 g/mol. The van der Waals surface area contributed by atoms with E-state index in [0.717, 1.165) is 32.4 Å². The van der Waals surface area contributed by atoms with Crippen molar-refractivity contribution in [3.05, 3.63) is 33.5 Å². The first kappa shape index (κ1) is 10.6. The van der Waals surface area contributed by atoms with Crippen molar-refractivity contribution in [1.29, 1.82) is 0 Å². The number of benzene rings is 1. The van der Waals surface area contributed by atoms with Gasteiger partial charge in [0.2, 0.25) is 4.80 Å². The van der Waals surface area contributed by atoms with Gasteiger partial charge in [-0.3, -0.25) is 4.57 Å². The second kappa shape index (κ2) is 4.35. The predicted octanol–water partition coefficient (Wildman–Crippen LogP) is 3.05. The number of rotatable bonds is 1. The number of hydrogen-bond acceptors (Lipinski definition) is 4. The van der Waals surface area contributed by atoms with Gasteiger partial charge in [0, 0.05) is 28.3 Å². The van der Waals surface area contributed by atoms with Crippen LogP contribution in [-0.2, 0) is 6.54 Å². The molecular formula is C10H8BrN3S2. The van der Waals surface area contributed by atoms with Crippen LogP contribution in [0.2, 0.25) is 0 Å². The van der Waals surface area contributed by atoms with Gasteiger partial charge in [-0.25, -0.2) is 4.99 Å². The Kier molecular flexibility index (Phi) is 2.87. The Labute approximate surface area is 110 Å². The van der Waals surface area contributed by atoms with E-state index in [4.69, 9.17) is 0 Å². The number of aromatic nitrogens is 2. The summed E-state index contributed by atoms with van der Waals surface area (Å²) in [6.45, 7) is 1.02. The van der Waals surface area contributed by atoms with Gasteiger partial charge in [0.05, 0.1) is 5.69 Å². The lowest BCUT2D eigenvalue weighted by Gasteiger charge is -1.94. The molecule has 0 saturated carbocycles. The summed E-state index contributed by atoms with van der Waals surface area (Å²) in [7, 11) is 0. The molecule has 1 aliphatic rings. The smallest absolute Gasteiger partial charge is 0.210 e. The summed E-state index contributed by atoms with van der Waals surface area (Å²) in [6.07, 6.45) is 0. The van der Waals surface area contributed by atoms with Gasteiger partial charge in [-0.1, -0.05) is 27.7 Å². The molecule has 2 heterocycles. The zero-order valence-corrected chi connectivity index (χ0v) is 11.5. The lowest BCUT2D eigenvalue weighted by molar-refractivity contribution is 0.688. The third-order valence-corrected chi connectivity index (χ3v) is 4.60. The lowest BCUT2D eigenvalue weighted by atomic mass is 10.3. The zero-order chi connectivity index (χ0) is 11.0. The maximum Gasteiger partial charge on any atom is 0.210 e. The van der Waals surface area contributed by atoms with Crippen molar-refractivity contribution < 1.29 is 0 Å². The van der Waals surface area contributed by atoms with Gasteiger partial charge in [0.25, 0.3) is 0 Å². The number of halogens is 1. The van der Waals surface area contributed by atoms with E-state index in [-0.39, 0.29) is 0 Å². The molecule has 0 N–H and O–H groups in total. The van der Waals surface area contributed by atoms with Crippen molar-refractivity contribution in [1.82, 2.24) is 8.94 Å². The minimum Gasteiger partial charge on any atom is -0.294 e. The maximum absolute atomic E-state index is 4.60. The molecule has 16 heavy (non-hydrogen) atoms. The molecule has 82 valence electrons. The molecule has 0 spiro atoms. The Morgan fingerprint density at radius 3 is 2.94 bits per heavy atom. The fourth-order valence-corrected chi connectivity index (χ4v) is 3.61. The van der Waals surface area contributed by atoms with Crippen molar-refractivity contribution in [3.8, 4) is 0 Å². The molecule has 6 heteroatoms. The Morgan fingerprint density at radius 2 is 2.12 bits per heavy atom. The van der Waals surface area contributed by atoms with Crippen LogP contribution in [0.1, 0.15) is 0 Å². The van der Waals surface area contributed by atoms with Crippen LogP contribution in [0, 0.1) is 0 Å². The zero-order valence-electron chi connectivity index (χ0n) is 8.26. The first-order chi connectivity index (χ1) is 7.83. The van der Waals surface area contributed by atoms with E-state index in [9.17, 15) is 0 Å². The maximum atomic E-state index is 4.60. The molecule has 0 aliphatic carbocycles. The molecule has 1 aromatic carbocycles. The molecule has 0 saturated heterocycles. The van der Waals surface area contributed by atoms with E-state index in [0.29, 0.717) is 0 Å². The lowest BCUT2D eigenvalue weighted by Crippen LogP contribution is -2.12. The molecule has 0 atom stereocenters. The Morgan fingerprint density at radius 1 is 1.31 bits per heavy atom. The number of thioether (sulfide) groups is 1. The number of hydrogen-bond donors (Lipinski definition) is 0. The molecule has 3 rings (SSSR count). The average Bonchev–Trinajstić information content (AvgIpc) is 2.86. The van der Waals surface area contributed by atoms with Gasteiger partial charge in [-0.05, 0) is 24.3 Å². The van der Waals surface area contributed by atoms with E-state index < -0.39 is 0 Å². The highest BCUT2D eigenvalue weighted by atomic mass is 79.9. The predicted molar refractivity (Wildman–Crippen MR) is 70.2 cm³/mol. The van der Waals surface area contributed by atoms with Crippen molar-refractivity contribution in [3.63, 3.8) is 0 Å². The van der Waals surface area contributed by atoms with E-state index in [1.807, 2.05) is 24.3 Å². The fourth-order valence-electron chi connectivity index (χ4n) is 1.49. The largest absolute Gasteiger partial charge is 0.294 e. The summed E-state index contributed by atoms with van der Waals surface area (Å²) < 4.78 is 7.63. The Balaban J connectivity index is 2.05. The second-order valence-electron chi connectivity index (χ2n) is 3.34. The van der Waals surface area contributed by atoms with Crippen molar-refractivity contribution >= 4 is 44.9 Å². The van der Waals surface area contributed by atoms with Crippen LogP contribution in [0.15, 0.2) is 38.9 Å². The van der Waals surface area contributed by atoms with Crippen molar-refractivity contribution in [2.75, 3.05) is 5.75 Å². The van der Waals surface area contributed by atoms with Crippen LogP contribution in [-0.4, -0.2) is 14.7 Å². The third-order valence-electron chi connectivity index (χ3n) is 2.26. The van der Waals surface area contributed by atoms with E-state index >= 15 is 0 Å². The SMILES string of the molecule is Brc1ccc(/N=c2/snc3n2CCS3)cc1. The average molecular weight is 314 g/mol. The van der Waals surface area contributed by atoms with E-state index in [2.05, 4.69) is 29.9 Å². The number of nitrogens with zero attached hydrogens (tertiary/aromatic N) is 3. The fraction of sp³-hybridized carbons (Fsp3) is 0.200. The van der Waals surface area contributed by atoms with Crippen molar-refractivity contribution in [2.24, 2.45) is 4.99 Å². The van der Waals surface area contributed by atoms with Gasteiger partial charge < -0.3 is 0 Å². The molecule has 1 aliphatic heterocycles. The minimum atomic E-state index is 0.971. The van der Waals surface area contributed by atoms with Gasteiger partial charge in [0.15, 0.2) is 5.16 Å². The molecule has 1 aromatic heterocycles. The highest BCUT2D eigenvalue weighted by Crippen LogP contribution is 2.22. The summed E-state index contributed by atoms with van der Waals surface area (Å²) in [5.74, 6) is 1.11. The standard InChI is InChI=1S/C10H8BrN3S2/c11-7-1-3-8(4-2-7)12-9-14-5-6-15-10(14)13-16-9/h1-4H,5-6H2/b12-9+. The summed E-state index contributed by atoms with van der Waals surface area (Å²) in [6, 6.07) is 8.00. The van der Waals surface area contributed by atoms with E-state index in [1.54, 1.807) is 11.8 Å². The molecule has 0 unspecified atom stereocenters. The Hall–Kier alpha value is -0.590. The summed E-state index contributed by atoms with van der Waals surface area (Å²) in [4.78, 5) is 5.59. The molecule has 3 nitrogen and oxygen atoms in total. The number of fused-ring (bicyclic) bond motifs is 1. The third kappa shape index (κ3) is 1.97. The molecule has 0 fully saturated rings. The first-order valence-corrected chi connectivity index (χ1v) is 7.38. The van der Waals surface area contributed by atoms with Gasteiger partial charge in [-0.15, -0.1) is 0 Å². The second-order valence-corrected chi connectivity index (χ2v) is 6.04. The van der Waals surface area contributed by atoms with Crippen LogP contribution in [0.4, 0.5) is 5.69 Å². The molecule has 2 aromatic rings. The van der Waals surface area contributed by atoms with Crippen LogP contribution in [0.25, 0.3) is 0 Å². The summed E-state index contributed by atoms with van der Waals surface area (Å²) >= 11 is 6.67.